The Bertz CT molecular complexity index is 1340. The fourth-order valence-corrected chi connectivity index (χ4v) is 3.57. The topological polar surface area (TPSA) is 94.8 Å². The number of hydrogen-bond acceptors (Lipinski definition) is 5. The maximum Gasteiger partial charge on any atom is 0.355 e. The fourth-order valence-electron chi connectivity index (χ4n) is 3.57. The SMILES string of the molecule is CCOC(=O)c1cc2cc(OCc3ccccc3)ccc2n1C(=O)c1ccccc1C(=O)O. The molecule has 0 saturated heterocycles. The molecule has 1 aromatic heterocycles. The van der Waals surface area contributed by atoms with Gasteiger partial charge in [0.15, 0.2) is 0 Å². The maximum absolute atomic E-state index is 13.4. The van der Waals surface area contributed by atoms with Crippen molar-refractivity contribution in [1.82, 2.24) is 4.57 Å². The molecule has 0 radical (unpaired) electrons. The van der Waals surface area contributed by atoms with Crippen LogP contribution in [0, 0.1) is 0 Å². The van der Waals surface area contributed by atoms with Crippen LogP contribution < -0.4 is 4.74 Å². The quantitative estimate of drug-likeness (QED) is 0.413. The molecule has 0 aliphatic carbocycles. The highest BCUT2D eigenvalue weighted by molar-refractivity contribution is 6.12. The molecule has 1 heterocycles. The largest absolute Gasteiger partial charge is 0.489 e. The number of rotatable bonds is 7. The van der Waals surface area contributed by atoms with E-state index < -0.39 is 17.8 Å². The first kappa shape index (κ1) is 21.8. The first-order valence-electron chi connectivity index (χ1n) is 10.4. The van der Waals surface area contributed by atoms with Crippen LogP contribution in [0.4, 0.5) is 0 Å². The molecular formula is C26H21NO6. The average molecular weight is 443 g/mol. The van der Waals surface area contributed by atoms with Gasteiger partial charge in [0.05, 0.1) is 23.3 Å². The number of ether oxygens (including phenoxy) is 2. The Morgan fingerprint density at radius 3 is 2.27 bits per heavy atom. The zero-order valence-corrected chi connectivity index (χ0v) is 17.9. The molecule has 7 heteroatoms. The molecule has 0 aliphatic rings. The van der Waals surface area contributed by atoms with Crippen LogP contribution in [-0.2, 0) is 11.3 Å². The van der Waals surface area contributed by atoms with Gasteiger partial charge in [-0.1, -0.05) is 42.5 Å². The number of esters is 1. The third kappa shape index (κ3) is 4.48. The second-order valence-electron chi connectivity index (χ2n) is 7.24. The Labute approximate surface area is 189 Å². The van der Waals surface area contributed by atoms with Crippen LogP contribution in [0.25, 0.3) is 10.9 Å². The minimum absolute atomic E-state index is 0.0113. The first-order valence-corrected chi connectivity index (χ1v) is 10.4. The molecular weight excluding hydrogens is 422 g/mol. The van der Waals surface area contributed by atoms with E-state index in [1.165, 1.54) is 22.8 Å². The predicted octanol–water partition coefficient (Wildman–Crippen LogP) is 4.78. The molecule has 7 nitrogen and oxygen atoms in total. The van der Waals surface area contributed by atoms with Gasteiger partial charge in [-0.3, -0.25) is 9.36 Å². The lowest BCUT2D eigenvalue weighted by Gasteiger charge is -2.11. The Morgan fingerprint density at radius 2 is 1.58 bits per heavy atom. The van der Waals surface area contributed by atoms with E-state index in [-0.39, 0.29) is 23.4 Å². The van der Waals surface area contributed by atoms with E-state index >= 15 is 0 Å². The van der Waals surface area contributed by atoms with E-state index in [0.29, 0.717) is 23.3 Å². The summed E-state index contributed by atoms with van der Waals surface area (Å²) in [5.74, 6) is -1.98. The van der Waals surface area contributed by atoms with Gasteiger partial charge in [-0.2, -0.15) is 0 Å². The lowest BCUT2D eigenvalue weighted by Crippen LogP contribution is -2.21. The van der Waals surface area contributed by atoms with Gasteiger partial charge in [-0.25, -0.2) is 9.59 Å². The lowest BCUT2D eigenvalue weighted by atomic mass is 10.1. The number of benzene rings is 3. The summed E-state index contributed by atoms with van der Waals surface area (Å²) in [5, 5.41) is 10.1. The summed E-state index contributed by atoms with van der Waals surface area (Å²) in [5.41, 5.74) is 1.27. The number of nitrogens with zero attached hydrogens (tertiary/aromatic N) is 1. The van der Waals surface area contributed by atoms with Gasteiger partial charge >= 0.3 is 11.9 Å². The number of fused-ring (bicyclic) bond motifs is 1. The van der Waals surface area contributed by atoms with E-state index in [1.54, 1.807) is 37.3 Å². The summed E-state index contributed by atoms with van der Waals surface area (Å²) in [4.78, 5) is 37.7. The second-order valence-corrected chi connectivity index (χ2v) is 7.24. The number of carboxylic acid groups (broad SMARTS) is 1. The normalized spacial score (nSPS) is 10.7. The van der Waals surface area contributed by atoms with Gasteiger partial charge in [0.25, 0.3) is 5.91 Å². The minimum Gasteiger partial charge on any atom is -0.489 e. The van der Waals surface area contributed by atoms with Gasteiger partial charge in [-0.05, 0) is 48.9 Å². The molecule has 0 bridgehead atoms. The van der Waals surface area contributed by atoms with Gasteiger partial charge in [-0.15, -0.1) is 0 Å². The molecule has 33 heavy (non-hydrogen) atoms. The zero-order chi connectivity index (χ0) is 23.4. The molecule has 0 fully saturated rings. The molecule has 0 atom stereocenters. The molecule has 4 rings (SSSR count). The Kier molecular flexibility index (Phi) is 6.22. The summed E-state index contributed by atoms with van der Waals surface area (Å²) in [6, 6.07) is 22.2. The van der Waals surface area contributed by atoms with Crippen molar-refractivity contribution in [2.24, 2.45) is 0 Å². The van der Waals surface area contributed by atoms with E-state index in [1.807, 2.05) is 30.3 Å². The Morgan fingerprint density at radius 1 is 0.879 bits per heavy atom. The van der Waals surface area contributed by atoms with Crippen molar-refractivity contribution in [2.75, 3.05) is 6.61 Å². The van der Waals surface area contributed by atoms with Crippen LogP contribution >= 0.6 is 0 Å². The van der Waals surface area contributed by atoms with E-state index in [2.05, 4.69) is 0 Å². The molecule has 0 aliphatic heterocycles. The second kappa shape index (κ2) is 9.40. The van der Waals surface area contributed by atoms with Gasteiger partial charge in [0.1, 0.15) is 18.1 Å². The van der Waals surface area contributed by atoms with Crippen LogP contribution in [0.3, 0.4) is 0 Å². The van der Waals surface area contributed by atoms with Gasteiger partial charge in [0.2, 0.25) is 0 Å². The predicted molar refractivity (Wildman–Crippen MR) is 122 cm³/mol. The molecule has 0 unspecified atom stereocenters. The van der Waals surface area contributed by atoms with Gasteiger partial charge < -0.3 is 14.6 Å². The number of aromatic nitrogens is 1. The van der Waals surface area contributed by atoms with Crippen molar-refractivity contribution in [1.29, 1.82) is 0 Å². The van der Waals surface area contributed by atoms with E-state index in [4.69, 9.17) is 9.47 Å². The number of carbonyl (C=O) groups excluding carboxylic acids is 2. The third-order valence-corrected chi connectivity index (χ3v) is 5.10. The molecule has 166 valence electrons. The molecule has 0 saturated carbocycles. The fraction of sp³-hybridized carbons (Fsp3) is 0.115. The number of carboxylic acids is 1. The highest BCUT2D eigenvalue weighted by Crippen LogP contribution is 2.27. The average Bonchev–Trinajstić information content (AvgIpc) is 3.22. The molecule has 0 amide bonds. The summed E-state index contributed by atoms with van der Waals surface area (Å²) < 4.78 is 12.2. The molecule has 0 spiro atoms. The van der Waals surface area contributed by atoms with Crippen LogP contribution in [0.5, 0.6) is 5.75 Å². The van der Waals surface area contributed by atoms with E-state index in [0.717, 1.165) is 5.56 Å². The number of aromatic carboxylic acids is 1. The summed E-state index contributed by atoms with van der Waals surface area (Å²) >= 11 is 0. The Balaban J connectivity index is 1.77. The van der Waals surface area contributed by atoms with Crippen LogP contribution in [0.15, 0.2) is 78.9 Å². The minimum atomic E-state index is -1.23. The highest BCUT2D eigenvalue weighted by Gasteiger charge is 2.25. The lowest BCUT2D eigenvalue weighted by molar-refractivity contribution is 0.0510. The molecule has 1 N–H and O–H groups in total. The van der Waals surface area contributed by atoms with Crippen LogP contribution in [-0.4, -0.2) is 34.1 Å². The smallest absolute Gasteiger partial charge is 0.355 e. The van der Waals surface area contributed by atoms with E-state index in [9.17, 15) is 19.5 Å². The number of hydrogen-bond donors (Lipinski definition) is 1. The van der Waals surface area contributed by atoms with Crippen LogP contribution in [0.1, 0.15) is 43.7 Å². The standard InChI is InChI=1S/C26H21NO6/c1-2-32-26(31)23-15-18-14-19(33-16-17-8-4-3-5-9-17)12-13-22(18)27(23)24(28)20-10-6-7-11-21(20)25(29)30/h3-15H,2,16H2,1H3,(H,29,30). The zero-order valence-electron chi connectivity index (χ0n) is 17.9. The first-order chi connectivity index (χ1) is 16.0. The van der Waals surface area contributed by atoms with Crippen molar-refractivity contribution in [3.05, 3.63) is 101 Å². The molecule has 3 aromatic carbocycles. The highest BCUT2D eigenvalue weighted by atomic mass is 16.5. The third-order valence-electron chi connectivity index (χ3n) is 5.10. The van der Waals surface area contributed by atoms with Crippen molar-refractivity contribution < 1.29 is 29.0 Å². The maximum atomic E-state index is 13.4. The van der Waals surface area contributed by atoms with Crippen molar-refractivity contribution >= 4 is 28.7 Å². The summed E-state index contributed by atoms with van der Waals surface area (Å²) in [6.45, 7) is 2.16. The summed E-state index contributed by atoms with van der Waals surface area (Å²) in [7, 11) is 0. The van der Waals surface area contributed by atoms with Crippen LogP contribution in [0.2, 0.25) is 0 Å². The number of carbonyl (C=O) groups is 3. The van der Waals surface area contributed by atoms with Crippen molar-refractivity contribution in [3.63, 3.8) is 0 Å². The Hall–Kier alpha value is -4.39. The monoisotopic (exact) mass is 443 g/mol. The van der Waals surface area contributed by atoms with Crippen molar-refractivity contribution in [2.45, 2.75) is 13.5 Å². The summed E-state index contributed by atoms with van der Waals surface area (Å²) in [6.07, 6.45) is 0. The molecule has 4 aromatic rings. The van der Waals surface area contributed by atoms with Crippen molar-refractivity contribution in [3.8, 4) is 5.75 Å². The van der Waals surface area contributed by atoms with Gasteiger partial charge in [0, 0.05) is 5.39 Å².